The molecule has 0 aromatic carbocycles. The molecule has 0 atom stereocenters. The summed E-state index contributed by atoms with van der Waals surface area (Å²) >= 11 is 5.53. The van der Waals surface area contributed by atoms with Gasteiger partial charge in [-0.3, -0.25) is 9.78 Å². The Bertz CT molecular complexity index is 358. The number of pyridine rings is 1. The third kappa shape index (κ3) is 1.99. The van der Waals surface area contributed by atoms with E-state index >= 15 is 0 Å². The number of halogens is 1. The lowest BCUT2D eigenvalue weighted by Gasteiger charge is -1.91. The highest BCUT2D eigenvalue weighted by Gasteiger charge is 2.03. The molecular formula is C7H3ClN2O2. The van der Waals surface area contributed by atoms with E-state index in [1.54, 1.807) is 0 Å². The van der Waals surface area contributed by atoms with Crippen molar-refractivity contribution in [1.82, 2.24) is 4.98 Å². The number of carbonyl (C=O) groups excluding carboxylic acids is 2. The van der Waals surface area contributed by atoms with Crippen LogP contribution in [-0.4, -0.2) is 17.0 Å². The first-order valence-electron chi connectivity index (χ1n) is 2.97. The van der Waals surface area contributed by atoms with Crippen LogP contribution < -0.4 is 0 Å². The summed E-state index contributed by atoms with van der Waals surface area (Å²) in [5.41, 5.74) is 0.172. The van der Waals surface area contributed by atoms with Crippen molar-refractivity contribution in [3.63, 3.8) is 0 Å². The van der Waals surface area contributed by atoms with E-state index in [0.29, 0.717) is 5.02 Å². The highest BCUT2D eigenvalue weighted by molar-refractivity contribution is 6.30. The minimum Gasteiger partial charge on any atom is -0.266 e. The van der Waals surface area contributed by atoms with Crippen molar-refractivity contribution >= 4 is 23.6 Å². The number of amides is 1. The smallest absolute Gasteiger partial charge is 0.266 e. The zero-order chi connectivity index (χ0) is 8.97. The predicted octanol–water partition coefficient (Wildman–Crippen LogP) is 1.21. The summed E-state index contributed by atoms with van der Waals surface area (Å²) in [4.78, 5) is 27.1. The quantitative estimate of drug-likeness (QED) is 0.485. The fourth-order valence-electron chi connectivity index (χ4n) is 0.635. The van der Waals surface area contributed by atoms with Crippen LogP contribution in [0, 0.1) is 0 Å². The van der Waals surface area contributed by atoms with Crippen LogP contribution in [-0.2, 0) is 4.79 Å². The zero-order valence-corrected chi connectivity index (χ0v) is 6.58. The molecule has 12 heavy (non-hydrogen) atoms. The van der Waals surface area contributed by atoms with Crippen LogP contribution in [0.4, 0.5) is 0 Å². The van der Waals surface area contributed by atoms with Gasteiger partial charge in [0.05, 0.1) is 10.6 Å². The molecule has 0 aliphatic carbocycles. The van der Waals surface area contributed by atoms with E-state index in [1.165, 1.54) is 18.5 Å². The van der Waals surface area contributed by atoms with Gasteiger partial charge in [0.15, 0.2) is 0 Å². The monoisotopic (exact) mass is 182 g/mol. The van der Waals surface area contributed by atoms with Gasteiger partial charge in [-0.15, -0.1) is 4.99 Å². The van der Waals surface area contributed by atoms with E-state index in [-0.39, 0.29) is 5.56 Å². The molecule has 0 saturated heterocycles. The van der Waals surface area contributed by atoms with E-state index in [9.17, 15) is 9.59 Å². The first kappa shape index (κ1) is 8.59. The maximum atomic E-state index is 10.9. The number of carbonyl (C=O) groups is 1. The normalized spacial score (nSPS) is 8.75. The highest BCUT2D eigenvalue weighted by Crippen LogP contribution is 2.08. The number of rotatable bonds is 1. The lowest BCUT2D eigenvalue weighted by molar-refractivity contribution is 0.100. The van der Waals surface area contributed by atoms with E-state index < -0.39 is 5.91 Å². The number of isocyanates is 1. The second-order valence-electron chi connectivity index (χ2n) is 1.90. The molecule has 1 aromatic rings. The predicted molar refractivity (Wildman–Crippen MR) is 41.7 cm³/mol. The molecule has 1 heterocycles. The van der Waals surface area contributed by atoms with Gasteiger partial charge in [0, 0.05) is 12.4 Å². The van der Waals surface area contributed by atoms with Crippen molar-refractivity contribution in [2.45, 2.75) is 0 Å². The number of nitrogens with zero attached hydrogens (tertiary/aromatic N) is 2. The Morgan fingerprint density at radius 2 is 2.33 bits per heavy atom. The fraction of sp³-hybridized carbons (Fsp3) is 0. The first-order valence-corrected chi connectivity index (χ1v) is 3.34. The maximum absolute atomic E-state index is 10.9. The van der Waals surface area contributed by atoms with Crippen LogP contribution in [0.25, 0.3) is 0 Å². The van der Waals surface area contributed by atoms with Crippen LogP contribution >= 0.6 is 11.6 Å². The third-order valence-electron chi connectivity index (χ3n) is 1.10. The fourth-order valence-corrected chi connectivity index (χ4v) is 0.809. The van der Waals surface area contributed by atoms with Crippen molar-refractivity contribution in [3.05, 3.63) is 29.0 Å². The van der Waals surface area contributed by atoms with Gasteiger partial charge in [-0.1, -0.05) is 11.6 Å². The molecule has 0 unspecified atom stereocenters. The number of aromatic nitrogens is 1. The van der Waals surface area contributed by atoms with Crippen LogP contribution in [0.15, 0.2) is 23.5 Å². The van der Waals surface area contributed by atoms with Crippen molar-refractivity contribution in [1.29, 1.82) is 0 Å². The molecule has 1 rings (SSSR count). The minimum absolute atomic E-state index is 0.172. The molecule has 0 fully saturated rings. The molecular weight excluding hydrogens is 180 g/mol. The van der Waals surface area contributed by atoms with Gasteiger partial charge in [0.25, 0.3) is 5.91 Å². The SMILES string of the molecule is O=C=NC(=O)c1cncc(Cl)c1. The van der Waals surface area contributed by atoms with Gasteiger partial charge in [0.2, 0.25) is 6.08 Å². The standard InChI is InChI=1S/C7H3ClN2O2/c8-6-1-5(2-9-3-6)7(12)10-4-11/h1-3H. The second kappa shape index (κ2) is 3.76. The summed E-state index contributed by atoms with van der Waals surface area (Å²) < 4.78 is 0. The maximum Gasteiger partial charge on any atom is 0.289 e. The molecule has 0 spiro atoms. The lowest BCUT2D eigenvalue weighted by atomic mass is 10.3. The summed E-state index contributed by atoms with van der Waals surface area (Å²) in [5.74, 6) is -0.694. The molecule has 0 radical (unpaired) electrons. The second-order valence-corrected chi connectivity index (χ2v) is 2.34. The van der Waals surface area contributed by atoms with Gasteiger partial charge in [-0.2, -0.15) is 0 Å². The molecule has 1 amide bonds. The summed E-state index contributed by atoms with van der Waals surface area (Å²) in [6.45, 7) is 0. The zero-order valence-electron chi connectivity index (χ0n) is 5.82. The van der Waals surface area contributed by atoms with Gasteiger partial charge in [-0.05, 0) is 6.07 Å². The summed E-state index contributed by atoms with van der Waals surface area (Å²) in [6, 6.07) is 1.37. The summed E-state index contributed by atoms with van der Waals surface area (Å²) in [7, 11) is 0. The lowest BCUT2D eigenvalue weighted by Crippen LogP contribution is -1.94. The van der Waals surface area contributed by atoms with Gasteiger partial charge in [-0.25, -0.2) is 4.79 Å². The molecule has 0 aliphatic heterocycles. The molecule has 1 aromatic heterocycles. The molecule has 0 saturated carbocycles. The Balaban J connectivity index is 3.03. The average molecular weight is 183 g/mol. The van der Waals surface area contributed by atoms with Crippen LogP contribution in [0.1, 0.15) is 10.4 Å². The topological polar surface area (TPSA) is 59.4 Å². The van der Waals surface area contributed by atoms with E-state index in [1.807, 2.05) is 0 Å². The first-order chi connectivity index (χ1) is 5.74. The summed E-state index contributed by atoms with van der Waals surface area (Å²) in [6.07, 6.45) is 3.79. The Morgan fingerprint density at radius 3 is 2.92 bits per heavy atom. The Labute approximate surface area is 72.9 Å². The Morgan fingerprint density at radius 1 is 1.58 bits per heavy atom. The number of hydrogen-bond acceptors (Lipinski definition) is 3. The van der Waals surface area contributed by atoms with Gasteiger partial charge in [0.1, 0.15) is 0 Å². The molecule has 0 N–H and O–H groups in total. The van der Waals surface area contributed by atoms with Crippen molar-refractivity contribution < 1.29 is 9.59 Å². The highest BCUT2D eigenvalue weighted by atomic mass is 35.5. The van der Waals surface area contributed by atoms with Gasteiger partial charge < -0.3 is 0 Å². The molecule has 0 bridgehead atoms. The Kier molecular flexibility index (Phi) is 2.69. The number of hydrogen-bond donors (Lipinski definition) is 0. The molecule has 4 nitrogen and oxygen atoms in total. The van der Waals surface area contributed by atoms with Gasteiger partial charge >= 0.3 is 0 Å². The van der Waals surface area contributed by atoms with Crippen LogP contribution in [0.3, 0.4) is 0 Å². The molecule has 60 valence electrons. The largest absolute Gasteiger partial charge is 0.289 e. The molecule has 0 aliphatic rings. The van der Waals surface area contributed by atoms with Crippen LogP contribution in [0.5, 0.6) is 0 Å². The number of aliphatic imine (C=N–C) groups is 1. The van der Waals surface area contributed by atoms with E-state index in [4.69, 9.17) is 11.6 Å². The minimum atomic E-state index is -0.694. The average Bonchev–Trinajstić information content (AvgIpc) is 2.05. The van der Waals surface area contributed by atoms with Crippen LogP contribution in [0.2, 0.25) is 5.02 Å². The van der Waals surface area contributed by atoms with E-state index in [0.717, 1.165) is 6.08 Å². The van der Waals surface area contributed by atoms with E-state index in [2.05, 4.69) is 9.98 Å². The molecule has 5 heteroatoms. The summed E-state index contributed by atoms with van der Waals surface area (Å²) in [5, 5.41) is 0.321. The van der Waals surface area contributed by atoms with Crippen molar-refractivity contribution in [2.75, 3.05) is 0 Å². The Hall–Kier alpha value is -1.51. The third-order valence-corrected chi connectivity index (χ3v) is 1.31. The van der Waals surface area contributed by atoms with Crippen molar-refractivity contribution in [3.8, 4) is 0 Å². The van der Waals surface area contributed by atoms with Crippen molar-refractivity contribution in [2.24, 2.45) is 4.99 Å².